The van der Waals surface area contributed by atoms with Crippen molar-refractivity contribution in [1.29, 1.82) is 0 Å². The monoisotopic (exact) mass is 715 g/mol. The Hall–Kier alpha value is -7.63. The molecule has 0 N–H and O–H groups in total. The Labute approximate surface area is 320 Å². The van der Waals surface area contributed by atoms with Gasteiger partial charge in [0.25, 0.3) is 0 Å². The van der Waals surface area contributed by atoms with Gasteiger partial charge >= 0.3 is 0 Å². The third kappa shape index (κ3) is 4.64. The summed E-state index contributed by atoms with van der Waals surface area (Å²) in [5.41, 5.74) is 8.19. The van der Waals surface area contributed by atoms with Crippen LogP contribution in [-0.2, 0) is 0 Å². The van der Waals surface area contributed by atoms with Gasteiger partial charge in [-0.1, -0.05) is 146 Å². The summed E-state index contributed by atoms with van der Waals surface area (Å²) in [6.07, 6.45) is 0. The second-order valence-corrected chi connectivity index (χ2v) is 14.3. The van der Waals surface area contributed by atoms with Gasteiger partial charge in [0.05, 0.1) is 0 Å². The van der Waals surface area contributed by atoms with Crippen molar-refractivity contribution in [2.75, 3.05) is 0 Å². The molecule has 12 rings (SSSR count). The normalized spacial score (nSPS) is 11.9. The van der Waals surface area contributed by atoms with E-state index in [9.17, 15) is 0 Å². The van der Waals surface area contributed by atoms with E-state index in [4.69, 9.17) is 23.8 Å². The van der Waals surface area contributed by atoms with E-state index < -0.39 is 0 Å². The van der Waals surface area contributed by atoms with Crippen LogP contribution in [0.5, 0.6) is 0 Å². The van der Waals surface area contributed by atoms with Crippen molar-refractivity contribution in [2.45, 2.75) is 0 Å². The van der Waals surface area contributed by atoms with E-state index in [0.29, 0.717) is 17.5 Å². The summed E-state index contributed by atoms with van der Waals surface area (Å²) in [7, 11) is 0. The molecule has 0 fully saturated rings. The molecule has 5 nitrogen and oxygen atoms in total. The van der Waals surface area contributed by atoms with Crippen molar-refractivity contribution in [2.24, 2.45) is 0 Å². The van der Waals surface area contributed by atoms with Crippen molar-refractivity contribution >= 4 is 76.2 Å². The summed E-state index contributed by atoms with van der Waals surface area (Å²) in [4.78, 5) is 15.6. The molecule has 0 amide bonds. The van der Waals surface area contributed by atoms with Crippen LogP contribution in [0, 0.1) is 0 Å². The molecule has 5 heteroatoms. The van der Waals surface area contributed by atoms with Crippen LogP contribution in [0.15, 0.2) is 185 Å². The van der Waals surface area contributed by atoms with Gasteiger partial charge in [0.2, 0.25) is 0 Å². The lowest BCUT2D eigenvalue weighted by molar-refractivity contribution is 0.668. The second kappa shape index (κ2) is 11.9. The zero-order chi connectivity index (χ0) is 36.7. The van der Waals surface area contributed by atoms with Gasteiger partial charge in [-0.25, -0.2) is 15.0 Å². The van der Waals surface area contributed by atoms with E-state index in [-0.39, 0.29) is 0 Å². The molecule has 9 aromatic carbocycles. The molecular weight excluding hydrogens is 687 g/mol. The number of furan rings is 2. The lowest BCUT2D eigenvalue weighted by Crippen LogP contribution is -2.00. The highest BCUT2D eigenvalue weighted by Crippen LogP contribution is 2.41. The molecular formula is C51H29N3O2. The molecule has 0 atom stereocenters. The molecule has 260 valence electrons. The summed E-state index contributed by atoms with van der Waals surface area (Å²) in [6.45, 7) is 0. The first-order valence-corrected chi connectivity index (χ1v) is 18.8. The summed E-state index contributed by atoms with van der Waals surface area (Å²) < 4.78 is 12.6. The van der Waals surface area contributed by atoms with Gasteiger partial charge in [0.1, 0.15) is 22.3 Å². The fourth-order valence-electron chi connectivity index (χ4n) is 8.58. The average molecular weight is 716 g/mol. The van der Waals surface area contributed by atoms with Crippen LogP contribution < -0.4 is 0 Å². The minimum absolute atomic E-state index is 0.573. The number of aromatic nitrogens is 3. The Kier molecular flexibility index (Phi) is 6.56. The van der Waals surface area contributed by atoms with E-state index in [1.165, 1.54) is 37.9 Å². The molecule has 56 heavy (non-hydrogen) atoms. The number of hydrogen-bond acceptors (Lipinski definition) is 5. The van der Waals surface area contributed by atoms with E-state index >= 15 is 0 Å². The van der Waals surface area contributed by atoms with Crippen LogP contribution >= 0.6 is 0 Å². The first kappa shape index (κ1) is 30.8. The molecule has 0 aliphatic heterocycles. The molecule has 0 aliphatic carbocycles. The Morgan fingerprint density at radius 3 is 1.41 bits per heavy atom. The summed E-state index contributed by atoms with van der Waals surface area (Å²) in [6, 6.07) is 61.1. The molecule has 0 saturated carbocycles. The molecule has 0 aliphatic rings. The Bertz CT molecular complexity index is 3410. The maximum absolute atomic E-state index is 6.29. The summed E-state index contributed by atoms with van der Waals surface area (Å²) >= 11 is 0. The number of rotatable bonds is 4. The fraction of sp³-hybridized carbons (Fsp3) is 0. The smallest absolute Gasteiger partial charge is 0.164 e. The highest BCUT2D eigenvalue weighted by atomic mass is 16.3. The fourth-order valence-corrected chi connectivity index (χ4v) is 8.58. The number of benzene rings is 9. The van der Waals surface area contributed by atoms with Crippen molar-refractivity contribution in [1.82, 2.24) is 15.0 Å². The molecule has 0 unspecified atom stereocenters. The van der Waals surface area contributed by atoms with Gasteiger partial charge in [-0.3, -0.25) is 0 Å². The quantitative estimate of drug-likeness (QED) is 0.170. The van der Waals surface area contributed by atoms with Gasteiger partial charge in [0, 0.05) is 38.2 Å². The third-order valence-corrected chi connectivity index (χ3v) is 11.1. The van der Waals surface area contributed by atoms with Crippen LogP contribution in [0.4, 0.5) is 0 Å². The Morgan fingerprint density at radius 2 is 0.768 bits per heavy atom. The van der Waals surface area contributed by atoms with Crippen molar-refractivity contribution in [3.8, 4) is 45.3 Å². The molecule has 0 radical (unpaired) electrons. The lowest BCUT2D eigenvalue weighted by Gasteiger charge is -2.14. The van der Waals surface area contributed by atoms with E-state index in [1.54, 1.807) is 0 Å². The topological polar surface area (TPSA) is 65.0 Å². The van der Waals surface area contributed by atoms with Crippen LogP contribution in [0.2, 0.25) is 0 Å². The van der Waals surface area contributed by atoms with Gasteiger partial charge in [-0.05, 0) is 73.8 Å². The van der Waals surface area contributed by atoms with Gasteiger partial charge in [-0.2, -0.15) is 0 Å². The standard InChI is InChI=1S/C51H29N3O2/c1-2-12-34-30(11-1)25-28-33-29-41(35-13-3-4-14-36(35)46(33)34)31-23-26-32(27-24-31)49-52-50(39-17-9-21-44-47(39)37-15-5-7-19-42(37)55-44)54-51(53-49)40-18-10-22-45-48(40)38-16-6-8-20-43(38)56-45/h1-29H. The number of hydrogen-bond donors (Lipinski definition) is 0. The van der Waals surface area contributed by atoms with Gasteiger partial charge in [-0.15, -0.1) is 0 Å². The minimum atomic E-state index is 0.573. The second-order valence-electron chi connectivity index (χ2n) is 14.3. The van der Waals surface area contributed by atoms with E-state index in [0.717, 1.165) is 66.1 Å². The average Bonchev–Trinajstić information content (AvgIpc) is 3.85. The molecule has 0 bridgehead atoms. The first-order chi connectivity index (χ1) is 27.7. The molecule has 3 heterocycles. The molecule has 0 saturated heterocycles. The van der Waals surface area contributed by atoms with Crippen molar-refractivity contribution in [3.05, 3.63) is 176 Å². The van der Waals surface area contributed by atoms with Crippen LogP contribution in [0.3, 0.4) is 0 Å². The molecule has 0 spiro atoms. The van der Waals surface area contributed by atoms with Crippen molar-refractivity contribution < 1.29 is 8.83 Å². The number of fused-ring (bicyclic) bond motifs is 11. The van der Waals surface area contributed by atoms with E-state index in [2.05, 4.69) is 115 Å². The van der Waals surface area contributed by atoms with Crippen LogP contribution in [0.25, 0.3) is 121 Å². The van der Waals surface area contributed by atoms with Crippen LogP contribution in [-0.4, -0.2) is 15.0 Å². The predicted octanol–water partition coefficient (Wildman–Crippen LogP) is 13.8. The number of para-hydroxylation sites is 2. The zero-order valence-electron chi connectivity index (χ0n) is 29.9. The zero-order valence-corrected chi connectivity index (χ0v) is 29.9. The summed E-state index contributed by atoms with van der Waals surface area (Å²) in [5, 5.41) is 11.5. The SMILES string of the molecule is c1ccc2c(c1)ccc1cc(-c3ccc(-c4nc(-c5cccc6oc7ccccc7c56)nc(-c5cccc6oc7ccccc7c56)n4)cc3)c3ccccc3c12. The highest BCUT2D eigenvalue weighted by Gasteiger charge is 2.21. The molecule has 12 aromatic rings. The third-order valence-electron chi connectivity index (χ3n) is 11.1. The van der Waals surface area contributed by atoms with E-state index in [1.807, 2.05) is 60.7 Å². The van der Waals surface area contributed by atoms with Crippen LogP contribution in [0.1, 0.15) is 0 Å². The highest BCUT2D eigenvalue weighted by molar-refractivity contribution is 6.23. The maximum atomic E-state index is 6.29. The van der Waals surface area contributed by atoms with Gasteiger partial charge < -0.3 is 8.83 Å². The predicted molar refractivity (Wildman–Crippen MR) is 229 cm³/mol. The summed E-state index contributed by atoms with van der Waals surface area (Å²) in [5.74, 6) is 1.73. The lowest BCUT2D eigenvalue weighted by atomic mass is 9.90. The van der Waals surface area contributed by atoms with Gasteiger partial charge in [0.15, 0.2) is 17.5 Å². The molecule has 3 aromatic heterocycles. The minimum Gasteiger partial charge on any atom is -0.456 e. The van der Waals surface area contributed by atoms with Crippen molar-refractivity contribution in [3.63, 3.8) is 0 Å². The maximum Gasteiger partial charge on any atom is 0.164 e. The first-order valence-electron chi connectivity index (χ1n) is 18.8. The Morgan fingerprint density at radius 1 is 0.286 bits per heavy atom. The number of nitrogens with zero attached hydrogens (tertiary/aromatic N) is 3. The largest absolute Gasteiger partial charge is 0.456 e. The Balaban J connectivity index is 1.06.